The summed E-state index contributed by atoms with van der Waals surface area (Å²) in [5.74, 6) is 0.255. The van der Waals surface area contributed by atoms with Crippen molar-refractivity contribution < 1.29 is 5.11 Å². The maximum atomic E-state index is 12.3. The van der Waals surface area contributed by atoms with Gasteiger partial charge in [-0.2, -0.15) is 5.26 Å². The smallest absolute Gasteiger partial charge is 0.101 e. The quantitative estimate of drug-likeness (QED) is 0.886. The zero-order valence-corrected chi connectivity index (χ0v) is 16.4. The number of piperidine rings is 1. The third-order valence-electron chi connectivity index (χ3n) is 7.16. The normalized spacial score (nSPS) is 29.0. The minimum atomic E-state index is -0.853. The van der Waals surface area contributed by atoms with Gasteiger partial charge in [0.15, 0.2) is 0 Å². The van der Waals surface area contributed by atoms with Crippen LogP contribution in [-0.2, 0) is 12.0 Å². The Morgan fingerprint density at radius 1 is 1.12 bits per heavy atom. The minimum Gasteiger partial charge on any atom is -0.384 e. The molecule has 1 aromatic carbocycles. The number of fused-ring (bicyclic) bond motifs is 1. The van der Waals surface area contributed by atoms with Gasteiger partial charge < -0.3 is 14.9 Å². The Balaban J connectivity index is 1.88. The van der Waals surface area contributed by atoms with Crippen molar-refractivity contribution in [3.05, 3.63) is 28.8 Å². The van der Waals surface area contributed by atoms with Crippen LogP contribution in [0, 0.1) is 22.7 Å². The maximum absolute atomic E-state index is 12.3. The monoisotopic (exact) mass is 353 g/mol. The molecule has 2 fully saturated rings. The zero-order valence-electron chi connectivity index (χ0n) is 16.4. The molecule has 1 N–H and O–H groups in total. The van der Waals surface area contributed by atoms with E-state index in [1.54, 1.807) is 0 Å². The molecule has 2 saturated heterocycles. The van der Waals surface area contributed by atoms with Gasteiger partial charge in [0.25, 0.3) is 0 Å². The number of benzene rings is 1. The molecule has 0 radical (unpaired) electrons. The molecule has 4 heteroatoms. The van der Waals surface area contributed by atoms with Crippen molar-refractivity contribution in [3.8, 4) is 6.07 Å². The van der Waals surface area contributed by atoms with Crippen LogP contribution in [0.5, 0.6) is 0 Å². The molecule has 0 amide bonds. The molecule has 2 heterocycles. The molecule has 140 valence electrons. The van der Waals surface area contributed by atoms with Crippen LogP contribution in [-0.4, -0.2) is 43.2 Å². The van der Waals surface area contributed by atoms with Crippen LogP contribution in [0.25, 0.3) is 0 Å². The number of hydrogen-bond donors (Lipinski definition) is 1. The molecule has 0 aromatic heterocycles. The van der Waals surface area contributed by atoms with Crippen LogP contribution < -0.4 is 4.90 Å². The summed E-state index contributed by atoms with van der Waals surface area (Å²) >= 11 is 0. The average molecular weight is 354 g/mol. The van der Waals surface area contributed by atoms with E-state index in [1.807, 2.05) is 6.07 Å². The maximum Gasteiger partial charge on any atom is 0.101 e. The minimum absolute atomic E-state index is 0.210. The molecule has 3 aliphatic rings. The third kappa shape index (κ3) is 2.48. The molecule has 1 aromatic rings. The van der Waals surface area contributed by atoms with Crippen LogP contribution in [0.2, 0.25) is 0 Å². The fourth-order valence-electron chi connectivity index (χ4n) is 5.70. The fraction of sp³-hybridized carbons (Fsp3) is 0.682. The highest BCUT2D eigenvalue weighted by Gasteiger charge is 2.57. The van der Waals surface area contributed by atoms with E-state index in [1.165, 1.54) is 18.4 Å². The summed E-state index contributed by atoms with van der Waals surface area (Å²) in [7, 11) is 2.16. The van der Waals surface area contributed by atoms with Crippen LogP contribution >= 0.6 is 0 Å². The molecule has 1 atom stereocenters. The summed E-state index contributed by atoms with van der Waals surface area (Å²) in [6, 6.07) is 6.49. The topological polar surface area (TPSA) is 50.5 Å². The Bertz CT molecular complexity index is 736. The summed E-state index contributed by atoms with van der Waals surface area (Å²) in [5.41, 5.74) is 3.03. The van der Waals surface area contributed by atoms with Crippen LogP contribution in [0.15, 0.2) is 12.1 Å². The van der Waals surface area contributed by atoms with Crippen LogP contribution in [0.3, 0.4) is 0 Å². The van der Waals surface area contributed by atoms with E-state index in [4.69, 9.17) is 0 Å². The van der Waals surface area contributed by atoms with E-state index in [0.717, 1.165) is 62.3 Å². The van der Waals surface area contributed by atoms with Crippen molar-refractivity contribution >= 4 is 5.69 Å². The van der Waals surface area contributed by atoms with E-state index in [9.17, 15) is 10.4 Å². The lowest BCUT2D eigenvalue weighted by Crippen LogP contribution is -2.49. The van der Waals surface area contributed by atoms with Crippen molar-refractivity contribution in [2.45, 2.75) is 51.6 Å². The van der Waals surface area contributed by atoms with E-state index >= 15 is 0 Å². The highest BCUT2D eigenvalue weighted by atomic mass is 16.3. The van der Waals surface area contributed by atoms with Gasteiger partial charge >= 0.3 is 0 Å². The van der Waals surface area contributed by atoms with Crippen molar-refractivity contribution in [1.29, 1.82) is 5.26 Å². The summed E-state index contributed by atoms with van der Waals surface area (Å²) in [5, 5.41) is 22.1. The molecule has 4 nitrogen and oxygen atoms in total. The number of nitrogens with zero attached hydrogens (tertiary/aromatic N) is 3. The first-order chi connectivity index (χ1) is 12.4. The average Bonchev–Trinajstić information content (AvgIpc) is 3.21. The number of anilines is 1. The van der Waals surface area contributed by atoms with Crippen molar-refractivity contribution in [3.63, 3.8) is 0 Å². The molecule has 0 bridgehead atoms. The Labute approximate surface area is 157 Å². The molecule has 0 saturated carbocycles. The number of nitriles is 1. The van der Waals surface area contributed by atoms with Crippen molar-refractivity contribution in [2.75, 3.05) is 38.1 Å². The van der Waals surface area contributed by atoms with Gasteiger partial charge in [0.2, 0.25) is 0 Å². The fourth-order valence-corrected chi connectivity index (χ4v) is 5.70. The molecule has 26 heavy (non-hydrogen) atoms. The van der Waals surface area contributed by atoms with Gasteiger partial charge in [-0.3, -0.25) is 0 Å². The van der Waals surface area contributed by atoms with E-state index in [-0.39, 0.29) is 11.3 Å². The van der Waals surface area contributed by atoms with Crippen molar-refractivity contribution in [1.82, 2.24) is 4.90 Å². The summed E-state index contributed by atoms with van der Waals surface area (Å²) < 4.78 is 0. The van der Waals surface area contributed by atoms with E-state index in [2.05, 4.69) is 42.8 Å². The van der Waals surface area contributed by atoms with E-state index < -0.39 is 5.60 Å². The Kier molecular flexibility index (Phi) is 4.28. The second-order valence-corrected chi connectivity index (χ2v) is 9.21. The van der Waals surface area contributed by atoms with Gasteiger partial charge in [0.05, 0.1) is 11.3 Å². The predicted molar refractivity (Wildman–Crippen MR) is 104 cm³/mol. The number of hydrogen-bond acceptors (Lipinski definition) is 4. The highest BCUT2D eigenvalue weighted by molar-refractivity contribution is 5.70. The number of likely N-dealkylation sites (tertiary alicyclic amines) is 1. The first kappa shape index (κ1) is 17.8. The number of aliphatic hydroxyl groups is 1. The summed E-state index contributed by atoms with van der Waals surface area (Å²) in [6.45, 7) is 8.49. The Hall–Kier alpha value is -1.57. The van der Waals surface area contributed by atoms with Gasteiger partial charge in [-0.1, -0.05) is 19.9 Å². The Morgan fingerprint density at radius 3 is 2.38 bits per heavy atom. The van der Waals surface area contributed by atoms with Crippen LogP contribution in [0.4, 0.5) is 5.69 Å². The largest absolute Gasteiger partial charge is 0.384 e. The lowest BCUT2D eigenvalue weighted by Gasteiger charge is -2.47. The lowest BCUT2D eigenvalue weighted by molar-refractivity contribution is -0.121. The Morgan fingerprint density at radius 2 is 1.77 bits per heavy atom. The second kappa shape index (κ2) is 6.25. The molecule has 2 aliphatic heterocycles. The summed E-state index contributed by atoms with van der Waals surface area (Å²) in [4.78, 5) is 4.72. The SMILES string of the molecule is CN1CCC(C2(O)c3c(ccc(C#N)c3N3CCCC3)CC2(C)C)CC1. The predicted octanol–water partition coefficient (Wildman–Crippen LogP) is 3.27. The molecule has 1 aliphatic carbocycles. The third-order valence-corrected chi connectivity index (χ3v) is 7.16. The highest BCUT2D eigenvalue weighted by Crippen LogP contribution is 2.59. The van der Waals surface area contributed by atoms with Gasteiger partial charge in [0.1, 0.15) is 11.7 Å². The molecule has 1 unspecified atom stereocenters. The van der Waals surface area contributed by atoms with E-state index in [0.29, 0.717) is 0 Å². The van der Waals surface area contributed by atoms with Gasteiger partial charge in [-0.25, -0.2) is 0 Å². The molecular weight excluding hydrogens is 322 g/mol. The first-order valence-corrected chi connectivity index (χ1v) is 10.1. The first-order valence-electron chi connectivity index (χ1n) is 10.1. The molecular formula is C22H31N3O. The molecule has 4 rings (SSSR count). The second-order valence-electron chi connectivity index (χ2n) is 9.21. The lowest BCUT2D eigenvalue weighted by atomic mass is 9.65. The van der Waals surface area contributed by atoms with Gasteiger partial charge in [0, 0.05) is 24.1 Å². The van der Waals surface area contributed by atoms with Crippen molar-refractivity contribution in [2.24, 2.45) is 11.3 Å². The van der Waals surface area contributed by atoms with Gasteiger partial charge in [-0.05, 0) is 69.8 Å². The zero-order chi connectivity index (χ0) is 18.5. The number of rotatable bonds is 2. The standard InChI is InChI=1S/C22H31N3O/c1-21(2)14-16-6-7-17(15-23)20(25-10-4-5-11-25)19(16)22(21,26)18-8-12-24(3)13-9-18/h6-7,18,26H,4-5,8-14H2,1-3H3. The van der Waals surface area contributed by atoms with Crippen LogP contribution in [0.1, 0.15) is 56.2 Å². The summed E-state index contributed by atoms with van der Waals surface area (Å²) in [6.07, 6.45) is 5.27. The van der Waals surface area contributed by atoms with Gasteiger partial charge in [-0.15, -0.1) is 0 Å². The molecule has 0 spiro atoms.